The van der Waals surface area contributed by atoms with E-state index in [9.17, 15) is 14.4 Å². The van der Waals surface area contributed by atoms with Crippen molar-refractivity contribution >= 4 is 18.5 Å². The largest absolute Gasteiger partial charge is 0.463 e. The highest BCUT2D eigenvalue weighted by Gasteiger charge is 2.38. The van der Waals surface area contributed by atoms with Crippen LogP contribution in [-0.4, -0.2) is 79.4 Å². The molecule has 0 radical (unpaired) electrons. The van der Waals surface area contributed by atoms with Gasteiger partial charge in [-0.15, -0.1) is 0 Å². The van der Waals surface area contributed by atoms with Gasteiger partial charge < -0.3 is 24.0 Å². The maximum absolute atomic E-state index is 12.7. The number of piperidine rings is 1. The number of hydrogen-bond acceptors (Lipinski definition) is 6. The second-order valence-corrected chi connectivity index (χ2v) is 7.11. The van der Waals surface area contributed by atoms with Crippen molar-refractivity contribution < 1.29 is 28.6 Å². The highest BCUT2D eigenvalue weighted by atomic mass is 16.6. The molecule has 2 unspecified atom stereocenters. The molecule has 24 heavy (non-hydrogen) atoms. The van der Waals surface area contributed by atoms with Gasteiger partial charge in [0.05, 0.1) is 25.7 Å². The molecule has 2 atom stereocenters. The number of likely N-dealkylation sites (tertiary alicyclic amines) is 1. The average Bonchev–Trinajstić information content (AvgIpc) is 2.53. The van der Waals surface area contributed by atoms with Gasteiger partial charge in [-0.2, -0.15) is 0 Å². The fourth-order valence-corrected chi connectivity index (χ4v) is 2.93. The molecule has 0 aliphatic carbocycles. The first-order valence-electron chi connectivity index (χ1n) is 8.23. The van der Waals surface area contributed by atoms with Crippen LogP contribution in [0.4, 0.5) is 4.79 Å². The van der Waals surface area contributed by atoms with Gasteiger partial charge in [-0.25, -0.2) is 4.79 Å². The van der Waals surface area contributed by atoms with Gasteiger partial charge >= 0.3 is 6.09 Å². The predicted octanol–water partition coefficient (Wildman–Crippen LogP) is 0.644. The van der Waals surface area contributed by atoms with Crippen LogP contribution in [0.5, 0.6) is 0 Å². The Balaban J connectivity index is 2.05. The van der Waals surface area contributed by atoms with Gasteiger partial charge in [0.1, 0.15) is 11.7 Å². The van der Waals surface area contributed by atoms with Crippen molar-refractivity contribution in [3.63, 3.8) is 0 Å². The number of nitrogens with zero attached hydrogens (tertiary/aromatic N) is 2. The zero-order valence-electron chi connectivity index (χ0n) is 14.5. The Labute approximate surface area is 142 Å². The van der Waals surface area contributed by atoms with Crippen LogP contribution in [0.15, 0.2) is 0 Å². The van der Waals surface area contributed by atoms with Crippen LogP contribution in [0.25, 0.3) is 0 Å². The Morgan fingerprint density at radius 2 is 1.79 bits per heavy atom. The minimum Gasteiger partial charge on any atom is -0.463 e. The highest BCUT2D eigenvalue weighted by molar-refractivity contribution is 5.80. The summed E-state index contributed by atoms with van der Waals surface area (Å²) in [5.74, 6) is -0.444. The third-order valence-corrected chi connectivity index (χ3v) is 3.98. The van der Waals surface area contributed by atoms with Crippen molar-refractivity contribution in [3.8, 4) is 0 Å². The van der Waals surface area contributed by atoms with Crippen LogP contribution < -0.4 is 0 Å². The first-order chi connectivity index (χ1) is 11.3. The fourth-order valence-electron chi connectivity index (χ4n) is 2.93. The van der Waals surface area contributed by atoms with E-state index in [-0.39, 0.29) is 19.0 Å². The summed E-state index contributed by atoms with van der Waals surface area (Å²) in [6.07, 6.45) is -0.589. The Morgan fingerprint density at radius 1 is 1.12 bits per heavy atom. The van der Waals surface area contributed by atoms with E-state index in [1.54, 1.807) is 25.7 Å². The lowest BCUT2D eigenvalue weighted by Gasteiger charge is -2.39. The first-order valence-corrected chi connectivity index (χ1v) is 8.23. The van der Waals surface area contributed by atoms with Crippen LogP contribution >= 0.6 is 0 Å². The minimum absolute atomic E-state index is 0.0361. The van der Waals surface area contributed by atoms with E-state index in [4.69, 9.17) is 14.2 Å². The zero-order chi connectivity index (χ0) is 17.7. The van der Waals surface area contributed by atoms with Crippen LogP contribution in [0.3, 0.4) is 0 Å². The number of carbonyl (C=O) groups excluding carboxylic acids is 3. The van der Waals surface area contributed by atoms with Gasteiger partial charge in [-0.1, -0.05) is 0 Å². The maximum Gasteiger partial charge on any atom is 0.410 e. The summed E-state index contributed by atoms with van der Waals surface area (Å²) in [5, 5.41) is 0. The Morgan fingerprint density at radius 3 is 2.38 bits per heavy atom. The average molecular weight is 342 g/mol. The first kappa shape index (κ1) is 18.5. The molecule has 136 valence electrons. The quantitative estimate of drug-likeness (QED) is 0.700. The molecule has 2 amide bonds. The normalized spacial score (nSPS) is 25.1. The Bertz CT molecular complexity index is 470. The summed E-state index contributed by atoms with van der Waals surface area (Å²) >= 11 is 0. The second kappa shape index (κ2) is 7.83. The third-order valence-electron chi connectivity index (χ3n) is 3.98. The minimum atomic E-state index is -0.626. The van der Waals surface area contributed by atoms with Crippen molar-refractivity contribution in [1.82, 2.24) is 9.80 Å². The van der Waals surface area contributed by atoms with Gasteiger partial charge in [0.2, 0.25) is 5.91 Å². The van der Waals surface area contributed by atoms with Crippen LogP contribution in [0, 0.1) is 5.92 Å². The Hall–Kier alpha value is -1.83. The molecule has 0 spiro atoms. The number of carbonyl (C=O) groups is 3. The van der Waals surface area contributed by atoms with Gasteiger partial charge in [-0.3, -0.25) is 9.59 Å². The third kappa shape index (κ3) is 5.09. The topological polar surface area (TPSA) is 85.4 Å². The summed E-state index contributed by atoms with van der Waals surface area (Å²) in [4.78, 5) is 38.9. The van der Waals surface area contributed by atoms with E-state index in [1.165, 1.54) is 4.90 Å². The van der Waals surface area contributed by atoms with Crippen molar-refractivity contribution in [2.75, 3.05) is 39.4 Å². The summed E-state index contributed by atoms with van der Waals surface area (Å²) in [5.41, 5.74) is -0.626. The molecule has 0 aromatic rings. The van der Waals surface area contributed by atoms with E-state index < -0.39 is 23.7 Å². The molecule has 8 heteroatoms. The number of amides is 2. The van der Waals surface area contributed by atoms with Crippen molar-refractivity contribution in [2.24, 2.45) is 5.92 Å². The summed E-state index contributed by atoms with van der Waals surface area (Å²) in [6.45, 7) is 8.33. The maximum atomic E-state index is 12.7. The van der Waals surface area contributed by atoms with Gasteiger partial charge in [0.25, 0.3) is 6.47 Å². The molecule has 0 N–H and O–H groups in total. The zero-order valence-corrected chi connectivity index (χ0v) is 14.5. The van der Waals surface area contributed by atoms with Crippen molar-refractivity contribution in [3.05, 3.63) is 0 Å². The van der Waals surface area contributed by atoms with Crippen molar-refractivity contribution in [2.45, 2.75) is 38.9 Å². The molecule has 0 bridgehead atoms. The molecule has 2 aliphatic rings. The Kier molecular flexibility index (Phi) is 6.04. The molecule has 2 saturated heterocycles. The van der Waals surface area contributed by atoms with Crippen molar-refractivity contribution in [1.29, 1.82) is 0 Å². The number of hydrogen-bond donors (Lipinski definition) is 0. The molecule has 0 saturated carbocycles. The number of ether oxygens (including phenoxy) is 3. The summed E-state index contributed by atoms with van der Waals surface area (Å²) in [6, 6.07) is 0. The van der Waals surface area contributed by atoms with Gasteiger partial charge in [-0.05, 0) is 27.2 Å². The number of rotatable bonds is 3. The lowest BCUT2D eigenvalue weighted by atomic mass is 9.94. The van der Waals surface area contributed by atoms with E-state index in [2.05, 4.69) is 0 Å². The lowest BCUT2D eigenvalue weighted by Crippen LogP contribution is -2.54. The molecule has 2 heterocycles. The second-order valence-electron chi connectivity index (χ2n) is 7.11. The highest BCUT2D eigenvalue weighted by Crippen LogP contribution is 2.23. The molecular weight excluding hydrogens is 316 g/mol. The molecule has 8 nitrogen and oxygen atoms in total. The molecular formula is C16H26N2O6. The molecule has 0 aromatic carbocycles. The van der Waals surface area contributed by atoms with E-state index in [0.717, 1.165) is 0 Å². The van der Waals surface area contributed by atoms with E-state index in [0.29, 0.717) is 39.2 Å². The standard InChI is InChI=1S/C16H26N2O6/c1-16(2,3)24-15(21)18-9-12(8-13(10-18)23-11-19)14(20)17-4-6-22-7-5-17/h11-13H,4-10H2,1-3H3. The summed E-state index contributed by atoms with van der Waals surface area (Å²) in [7, 11) is 0. The molecule has 2 rings (SSSR count). The fraction of sp³-hybridized carbons (Fsp3) is 0.812. The molecule has 2 fully saturated rings. The molecule has 0 aromatic heterocycles. The molecule has 2 aliphatic heterocycles. The van der Waals surface area contributed by atoms with E-state index >= 15 is 0 Å². The smallest absolute Gasteiger partial charge is 0.410 e. The van der Waals surface area contributed by atoms with Crippen LogP contribution in [0.2, 0.25) is 0 Å². The van der Waals surface area contributed by atoms with Crippen LogP contribution in [0.1, 0.15) is 27.2 Å². The van der Waals surface area contributed by atoms with Gasteiger partial charge in [0.15, 0.2) is 0 Å². The van der Waals surface area contributed by atoms with Gasteiger partial charge in [0, 0.05) is 19.6 Å². The van der Waals surface area contributed by atoms with Crippen LogP contribution in [-0.2, 0) is 23.8 Å². The predicted molar refractivity (Wildman–Crippen MR) is 84.3 cm³/mol. The summed E-state index contributed by atoms with van der Waals surface area (Å²) < 4.78 is 15.7. The monoisotopic (exact) mass is 342 g/mol. The van der Waals surface area contributed by atoms with E-state index in [1.807, 2.05) is 0 Å². The lowest BCUT2D eigenvalue weighted by molar-refractivity contribution is -0.148. The number of morpholine rings is 1. The SMILES string of the molecule is CC(C)(C)OC(=O)N1CC(OC=O)CC(C(=O)N2CCOCC2)C1.